The Morgan fingerprint density at radius 2 is 1.81 bits per heavy atom. The number of amides is 1. The second kappa shape index (κ2) is 13.2. The summed E-state index contributed by atoms with van der Waals surface area (Å²) in [7, 11) is -3.42. The first-order chi connectivity index (χ1) is 14.8. The number of hydrogen-bond donors (Lipinski definition) is 3. The van der Waals surface area contributed by atoms with Crippen LogP contribution in [0, 0.1) is 11.8 Å². The SMILES string of the molecule is CCCCCCS(=O)(=O)NCC(=O)NC[C@H]1[C@@H](CC=CCCCC(=O)O)[C@H]2CC[C@@H]1O2. The number of rotatable bonds is 16. The second-order valence-electron chi connectivity index (χ2n) is 8.62. The van der Waals surface area contributed by atoms with Crippen molar-refractivity contribution in [3.8, 4) is 0 Å². The van der Waals surface area contributed by atoms with E-state index in [9.17, 15) is 18.0 Å². The van der Waals surface area contributed by atoms with Gasteiger partial charge in [-0.05, 0) is 44.4 Å². The van der Waals surface area contributed by atoms with Crippen LogP contribution < -0.4 is 10.0 Å². The quantitative estimate of drug-likeness (QED) is 0.241. The van der Waals surface area contributed by atoms with Crippen LogP contribution in [-0.4, -0.2) is 56.5 Å². The normalized spacial score (nSPS) is 25.3. The van der Waals surface area contributed by atoms with Gasteiger partial charge in [0.05, 0.1) is 24.5 Å². The number of ether oxygens (including phenoxy) is 1. The fourth-order valence-corrected chi connectivity index (χ4v) is 5.56. The summed E-state index contributed by atoms with van der Waals surface area (Å²) >= 11 is 0. The van der Waals surface area contributed by atoms with Gasteiger partial charge in [-0.2, -0.15) is 0 Å². The van der Waals surface area contributed by atoms with Crippen LogP contribution in [0.4, 0.5) is 0 Å². The van der Waals surface area contributed by atoms with Gasteiger partial charge in [-0.25, -0.2) is 13.1 Å². The monoisotopic (exact) mass is 458 g/mol. The lowest BCUT2D eigenvalue weighted by molar-refractivity contribution is -0.137. The van der Waals surface area contributed by atoms with E-state index in [1.807, 2.05) is 6.08 Å². The number of aliphatic carboxylic acids is 1. The molecular formula is C22H38N2O6S. The molecule has 3 N–H and O–H groups in total. The molecule has 2 heterocycles. The molecule has 0 aliphatic carbocycles. The maximum Gasteiger partial charge on any atom is 0.303 e. The first-order valence-corrected chi connectivity index (χ1v) is 13.2. The van der Waals surface area contributed by atoms with Gasteiger partial charge in [0.25, 0.3) is 0 Å². The van der Waals surface area contributed by atoms with Gasteiger partial charge in [0, 0.05) is 18.9 Å². The van der Waals surface area contributed by atoms with E-state index >= 15 is 0 Å². The van der Waals surface area contributed by atoms with Crippen molar-refractivity contribution in [2.75, 3.05) is 18.8 Å². The number of carbonyl (C=O) groups is 2. The molecule has 0 aromatic carbocycles. The van der Waals surface area contributed by atoms with Crippen LogP contribution in [0.5, 0.6) is 0 Å². The van der Waals surface area contributed by atoms with Crippen LogP contribution in [-0.2, 0) is 24.3 Å². The predicted octanol–water partition coefficient (Wildman–Crippen LogP) is 2.60. The van der Waals surface area contributed by atoms with Crippen molar-refractivity contribution < 1.29 is 27.9 Å². The highest BCUT2D eigenvalue weighted by Crippen LogP contribution is 2.44. The van der Waals surface area contributed by atoms with E-state index < -0.39 is 16.0 Å². The lowest BCUT2D eigenvalue weighted by atomic mass is 9.77. The van der Waals surface area contributed by atoms with Gasteiger partial charge in [-0.1, -0.05) is 38.3 Å². The van der Waals surface area contributed by atoms with E-state index in [-0.39, 0.29) is 42.8 Å². The lowest BCUT2D eigenvalue weighted by Crippen LogP contribution is -2.42. The fraction of sp³-hybridized carbons (Fsp3) is 0.818. The van der Waals surface area contributed by atoms with Crippen LogP contribution in [0.3, 0.4) is 0 Å². The van der Waals surface area contributed by atoms with Gasteiger partial charge in [-0.3, -0.25) is 9.59 Å². The molecule has 0 spiro atoms. The zero-order valence-corrected chi connectivity index (χ0v) is 19.4. The van der Waals surface area contributed by atoms with Crippen molar-refractivity contribution in [2.45, 2.75) is 83.3 Å². The summed E-state index contributed by atoms with van der Waals surface area (Å²) in [5.41, 5.74) is 0. The van der Waals surface area contributed by atoms with Crippen LogP contribution in [0.15, 0.2) is 12.2 Å². The van der Waals surface area contributed by atoms with E-state index in [1.165, 1.54) is 0 Å². The Bertz CT molecular complexity index is 709. The van der Waals surface area contributed by atoms with Crippen molar-refractivity contribution in [3.05, 3.63) is 12.2 Å². The maximum absolute atomic E-state index is 12.2. The van der Waals surface area contributed by atoms with Crippen molar-refractivity contribution in [1.29, 1.82) is 0 Å². The number of nitrogens with one attached hydrogen (secondary N) is 2. The Morgan fingerprint density at radius 3 is 2.52 bits per heavy atom. The molecule has 2 saturated heterocycles. The van der Waals surface area contributed by atoms with Crippen LogP contribution in [0.1, 0.15) is 71.1 Å². The molecule has 2 bridgehead atoms. The van der Waals surface area contributed by atoms with Crippen molar-refractivity contribution in [2.24, 2.45) is 11.8 Å². The van der Waals surface area contributed by atoms with Crippen molar-refractivity contribution in [1.82, 2.24) is 10.0 Å². The number of fused-ring (bicyclic) bond motifs is 2. The minimum Gasteiger partial charge on any atom is -0.481 e. The molecule has 8 nitrogen and oxygen atoms in total. The molecule has 4 atom stereocenters. The number of hydrogen-bond acceptors (Lipinski definition) is 5. The number of carbonyl (C=O) groups excluding carboxylic acids is 1. The molecule has 2 aliphatic rings. The summed E-state index contributed by atoms with van der Waals surface area (Å²) in [6, 6.07) is 0. The highest BCUT2D eigenvalue weighted by Gasteiger charge is 2.47. The van der Waals surface area contributed by atoms with E-state index in [4.69, 9.17) is 9.84 Å². The highest BCUT2D eigenvalue weighted by atomic mass is 32.2. The average Bonchev–Trinajstić information content (AvgIpc) is 3.32. The Balaban J connectivity index is 1.70. The Labute approximate surface area is 186 Å². The van der Waals surface area contributed by atoms with E-state index in [2.05, 4.69) is 23.0 Å². The molecule has 2 rings (SSSR count). The highest BCUT2D eigenvalue weighted by molar-refractivity contribution is 7.89. The second-order valence-corrected chi connectivity index (χ2v) is 10.5. The molecule has 2 aliphatic heterocycles. The summed E-state index contributed by atoms with van der Waals surface area (Å²) in [6.45, 7) is 2.32. The number of carboxylic acids is 1. The van der Waals surface area contributed by atoms with E-state index in [0.29, 0.717) is 25.3 Å². The molecular weight excluding hydrogens is 420 g/mol. The predicted molar refractivity (Wildman–Crippen MR) is 119 cm³/mol. The third kappa shape index (κ3) is 9.29. The van der Waals surface area contributed by atoms with Gasteiger partial charge in [0.2, 0.25) is 15.9 Å². The van der Waals surface area contributed by atoms with Gasteiger partial charge in [0.15, 0.2) is 0 Å². The van der Waals surface area contributed by atoms with Crippen LogP contribution in [0.25, 0.3) is 0 Å². The topological polar surface area (TPSA) is 122 Å². The molecule has 31 heavy (non-hydrogen) atoms. The lowest BCUT2D eigenvalue weighted by Gasteiger charge is -2.27. The van der Waals surface area contributed by atoms with E-state index in [1.54, 1.807) is 0 Å². The fourth-order valence-electron chi connectivity index (χ4n) is 4.48. The summed E-state index contributed by atoms with van der Waals surface area (Å²) < 4.78 is 32.4. The van der Waals surface area contributed by atoms with Crippen molar-refractivity contribution >= 4 is 21.9 Å². The maximum atomic E-state index is 12.2. The first kappa shape index (κ1) is 25.8. The van der Waals surface area contributed by atoms with Gasteiger partial charge in [0.1, 0.15) is 0 Å². The molecule has 0 aromatic heterocycles. The largest absolute Gasteiger partial charge is 0.481 e. The zero-order chi connectivity index (χ0) is 22.7. The number of allylic oxidation sites excluding steroid dienone is 2. The Morgan fingerprint density at radius 1 is 1.06 bits per heavy atom. The Hall–Kier alpha value is -1.45. The summed E-state index contributed by atoms with van der Waals surface area (Å²) in [6.07, 6.45) is 12.4. The first-order valence-electron chi connectivity index (χ1n) is 11.6. The molecule has 0 radical (unpaired) electrons. The van der Waals surface area contributed by atoms with E-state index in [0.717, 1.165) is 44.9 Å². The molecule has 178 valence electrons. The van der Waals surface area contributed by atoms with Crippen molar-refractivity contribution in [3.63, 3.8) is 0 Å². The third-order valence-corrected chi connectivity index (χ3v) is 7.59. The summed E-state index contributed by atoms with van der Waals surface area (Å²) in [4.78, 5) is 22.7. The number of sulfonamides is 1. The number of carboxylic acid groups (broad SMARTS) is 1. The third-order valence-electron chi connectivity index (χ3n) is 6.18. The molecule has 9 heteroatoms. The summed E-state index contributed by atoms with van der Waals surface area (Å²) in [5.74, 6) is -0.490. The molecule has 0 aromatic rings. The molecule has 2 fully saturated rings. The smallest absolute Gasteiger partial charge is 0.303 e. The van der Waals surface area contributed by atoms with Crippen LogP contribution >= 0.6 is 0 Å². The number of unbranched alkanes of at least 4 members (excludes halogenated alkanes) is 4. The zero-order valence-electron chi connectivity index (χ0n) is 18.6. The van der Waals surface area contributed by atoms with Crippen LogP contribution in [0.2, 0.25) is 0 Å². The minimum absolute atomic E-state index is 0.0569. The molecule has 0 saturated carbocycles. The Kier molecular flexibility index (Phi) is 11.0. The van der Waals surface area contributed by atoms with Gasteiger partial charge >= 0.3 is 5.97 Å². The average molecular weight is 459 g/mol. The molecule has 1 amide bonds. The standard InChI is InChI=1S/C22H38N2O6S/c1-2-3-4-9-14-31(28,29)24-16-21(25)23-15-18-17(19-12-13-20(18)30-19)10-7-5-6-8-11-22(26)27/h5,7,17-20,24H,2-4,6,8-16H2,1H3,(H,23,25)(H,26,27)/t17-,18+,19-,20+/m1/s1. The van der Waals surface area contributed by atoms with Gasteiger partial charge in [-0.15, -0.1) is 0 Å². The molecule has 0 unspecified atom stereocenters. The minimum atomic E-state index is -3.42. The summed E-state index contributed by atoms with van der Waals surface area (Å²) in [5, 5.41) is 11.6. The van der Waals surface area contributed by atoms with Gasteiger partial charge < -0.3 is 15.2 Å².